The molecular formula is C10H11ClO2. The van der Waals surface area contributed by atoms with E-state index >= 15 is 0 Å². The molecule has 1 aliphatic rings. The molecule has 0 aliphatic carbocycles. The highest BCUT2D eigenvalue weighted by molar-refractivity contribution is 6.30. The monoisotopic (exact) mass is 198 g/mol. The van der Waals surface area contributed by atoms with Gasteiger partial charge in [-0.2, -0.15) is 0 Å². The molecule has 1 aliphatic heterocycles. The molecule has 0 unspecified atom stereocenters. The summed E-state index contributed by atoms with van der Waals surface area (Å²) in [5.41, 5.74) is 0.797. The zero-order valence-corrected chi connectivity index (χ0v) is 8.08. The van der Waals surface area contributed by atoms with Crippen LogP contribution in [0.2, 0.25) is 5.02 Å². The predicted octanol–water partition coefficient (Wildman–Crippen LogP) is 2.54. The minimum absolute atomic E-state index is 0.0728. The van der Waals surface area contributed by atoms with Crippen LogP contribution >= 0.6 is 11.6 Å². The summed E-state index contributed by atoms with van der Waals surface area (Å²) in [5, 5.41) is 10.4. The van der Waals surface area contributed by atoms with Crippen molar-refractivity contribution in [2.75, 3.05) is 0 Å². The number of ether oxygens (including phenoxy) is 1. The van der Waals surface area contributed by atoms with Crippen molar-refractivity contribution in [3.05, 3.63) is 28.8 Å². The van der Waals surface area contributed by atoms with Gasteiger partial charge in [-0.1, -0.05) is 11.6 Å². The van der Waals surface area contributed by atoms with Gasteiger partial charge in [0, 0.05) is 17.0 Å². The lowest BCUT2D eigenvalue weighted by atomic mass is 10.00. The molecule has 0 spiro atoms. The maximum absolute atomic E-state index is 9.72. The maximum atomic E-state index is 9.72. The standard InChI is InChI=1S/C10H11ClO2/c1-6-4-9(12)8-5-7(11)2-3-10(8)13-6/h2-3,5-6,9,12H,4H2,1H3/t6-,9+/m1/s1. The SMILES string of the molecule is C[C@@H]1C[C@H](O)c2cc(Cl)ccc2O1. The summed E-state index contributed by atoms with van der Waals surface area (Å²) >= 11 is 5.81. The van der Waals surface area contributed by atoms with Crippen molar-refractivity contribution in [3.63, 3.8) is 0 Å². The largest absolute Gasteiger partial charge is 0.490 e. The van der Waals surface area contributed by atoms with E-state index < -0.39 is 6.10 Å². The Bertz CT molecular complexity index is 325. The number of benzene rings is 1. The van der Waals surface area contributed by atoms with Gasteiger partial charge in [0.1, 0.15) is 5.75 Å². The van der Waals surface area contributed by atoms with Gasteiger partial charge in [-0.05, 0) is 25.1 Å². The van der Waals surface area contributed by atoms with Crippen molar-refractivity contribution in [3.8, 4) is 5.75 Å². The molecule has 1 aromatic rings. The second-order valence-electron chi connectivity index (χ2n) is 3.36. The first-order chi connectivity index (χ1) is 6.16. The zero-order chi connectivity index (χ0) is 9.42. The van der Waals surface area contributed by atoms with E-state index in [0.29, 0.717) is 11.4 Å². The lowest BCUT2D eigenvalue weighted by Gasteiger charge is -2.27. The smallest absolute Gasteiger partial charge is 0.125 e. The Morgan fingerprint density at radius 3 is 3.08 bits per heavy atom. The van der Waals surface area contributed by atoms with Crippen molar-refractivity contribution < 1.29 is 9.84 Å². The second kappa shape index (κ2) is 3.20. The van der Waals surface area contributed by atoms with Crippen LogP contribution in [-0.4, -0.2) is 11.2 Å². The fourth-order valence-corrected chi connectivity index (χ4v) is 1.77. The van der Waals surface area contributed by atoms with Crippen LogP contribution in [0.3, 0.4) is 0 Å². The third kappa shape index (κ3) is 1.64. The highest BCUT2D eigenvalue weighted by Crippen LogP contribution is 2.35. The molecule has 0 saturated carbocycles. The van der Waals surface area contributed by atoms with Gasteiger partial charge in [0.25, 0.3) is 0 Å². The lowest BCUT2D eigenvalue weighted by Crippen LogP contribution is -2.22. The van der Waals surface area contributed by atoms with E-state index in [4.69, 9.17) is 16.3 Å². The van der Waals surface area contributed by atoms with Gasteiger partial charge < -0.3 is 9.84 Å². The molecule has 70 valence electrons. The summed E-state index contributed by atoms with van der Waals surface area (Å²) in [4.78, 5) is 0. The maximum Gasteiger partial charge on any atom is 0.125 e. The van der Waals surface area contributed by atoms with E-state index in [1.807, 2.05) is 6.92 Å². The molecule has 0 bridgehead atoms. The van der Waals surface area contributed by atoms with Gasteiger partial charge in [0.15, 0.2) is 0 Å². The molecule has 1 heterocycles. The third-order valence-corrected chi connectivity index (χ3v) is 2.45. The number of hydrogen-bond acceptors (Lipinski definition) is 2. The van der Waals surface area contributed by atoms with Crippen molar-refractivity contribution in [2.45, 2.75) is 25.6 Å². The molecule has 0 saturated heterocycles. The van der Waals surface area contributed by atoms with Gasteiger partial charge >= 0.3 is 0 Å². The van der Waals surface area contributed by atoms with E-state index in [1.54, 1.807) is 18.2 Å². The Morgan fingerprint density at radius 2 is 2.31 bits per heavy atom. The number of aliphatic hydroxyl groups excluding tert-OH is 1. The Morgan fingerprint density at radius 1 is 1.54 bits per heavy atom. The topological polar surface area (TPSA) is 29.5 Å². The Kier molecular flexibility index (Phi) is 2.18. The van der Waals surface area contributed by atoms with Gasteiger partial charge in [0.2, 0.25) is 0 Å². The van der Waals surface area contributed by atoms with Crippen LogP contribution in [0.1, 0.15) is 25.0 Å². The molecule has 0 aromatic heterocycles. The molecule has 0 radical (unpaired) electrons. The fraction of sp³-hybridized carbons (Fsp3) is 0.400. The molecule has 2 atom stereocenters. The van der Waals surface area contributed by atoms with Crippen LogP contribution < -0.4 is 4.74 Å². The van der Waals surface area contributed by atoms with Crippen LogP contribution in [0.25, 0.3) is 0 Å². The lowest BCUT2D eigenvalue weighted by molar-refractivity contribution is 0.0749. The molecule has 1 aromatic carbocycles. The van der Waals surface area contributed by atoms with Crippen molar-refractivity contribution in [1.82, 2.24) is 0 Å². The molecule has 0 fully saturated rings. The van der Waals surface area contributed by atoms with E-state index in [-0.39, 0.29) is 6.10 Å². The average Bonchev–Trinajstić information content (AvgIpc) is 2.06. The van der Waals surface area contributed by atoms with E-state index in [9.17, 15) is 5.11 Å². The third-order valence-electron chi connectivity index (χ3n) is 2.21. The number of fused-ring (bicyclic) bond motifs is 1. The van der Waals surface area contributed by atoms with E-state index in [2.05, 4.69) is 0 Å². The molecule has 1 N–H and O–H groups in total. The minimum Gasteiger partial charge on any atom is -0.490 e. The Hall–Kier alpha value is -0.730. The molecule has 2 nitrogen and oxygen atoms in total. The summed E-state index contributed by atoms with van der Waals surface area (Å²) in [5.74, 6) is 0.746. The Labute approximate surface area is 82.1 Å². The number of aliphatic hydroxyl groups is 1. The first-order valence-electron chi connectivity index (χ1n) is 4.31. The molecule has 13 heavy (non-hydrogen) atoms. The Balaban J connectivity index is 2.43. The quantitative estimate of drug-likeness (QED) is 0.694. The summed E-state index contributed by atoms with van der Waals surface area (Å²) in [6.45, 7) is 1.95. The number of hydrogen-bond donors (Lipinski definition) is 1. The van der Waals surface area contributed by atoms with Crippen LogP contribution in [0.15, 0.2) is 18.2 Å². The summed E-state index contributed by atoms with van der Waals surface area (Å²) in [6.07, 6.45) is 0.258. The summed E-state index contributed by atoms with van der Waals surface area (Å²) in [6, 6.07) is 5.33. The highest BCUT2D eigenvalue weighted by Gasteiger charge is 2.23. The fourth-order valence-electron chi connectivity index (χ4n) is 1.59. The number of rotatable bonds is 0. The van der Waals surface area contributed by atoms with Crippen LogP contribution in [0, 0.1) is 0 Å². The minimum atomic E-state index is -0.447. The highest BCUT2D eigenvalue weighted by atomic mass is 35.5. The molecule has 0 amide bonds. The molecule has 2 rings (SSSR count). The predicted molar refractivity (Wildman–Crippen MR) is 51.1 cm³/mol. The van der Waals surface area contributed by atoms with E-state index in [1.165, 1.54) is 0 Å². The van der Waals surface area contributed by atoms with Gasteiger partial charge in [-0.3, -0.25) is 0 Å². The molecular weight excluding hydrogens is 188 g/mol. The van der Waals surface area contributed by atoms with Crippen LogP contribution in [0.4, 0.5) is 0 Å². The van der Waals surface area contributed by atoms with E-state index in [0.717, 1.165) is 11.3 Å². The van der Waals surface area contributed by atoms with Crippen molar-refractivity contribution in [1.29, 1.82) is 0 Å². The normalized spacial score (nSPS) is 26.4. The van der Waals surface area contributed by atoms with Crippen molar-refractivity contribution >= 4 is 11.6 Å². The second-order valence-corrected chi connectivity index (χ2v) is 3.80. The number of halogens is 1. The van der Waals surface area contributed by atoms with Crippen LogP contribution in [0.5, 0.6) is 5.75 Å². The first-order valence-corrected chi connectivity index (χ1v) is 4.69. The van der Waals surface area contributed by atoms with Gasteiger partial charge in [-0.15, -0.1) is 0 Å². The zero-order valence-electron chi connectivity index (χ0n) is 7.33. The first kappa shape index (κ1) is 8.85. The van der Waals surface area contributed by atoms with Crippen LogP contribution in [-0.2, 0) is 0 Å². The average molecular weight is 199 g/mol. The van der Waals surface area contributed by atoms with Crippen molar-refractivity contribution in [2.24, 2.45) is 0 Å². The van der Waals surface area contributed by atoms with Gasteiger partial charge in [0.05, 0.1) is 12.2 Å². The summed E-state index contributed by atoms with van der Waals surface area (Å²) < 4.78 is 5.54. The summed E-state index contributed by atoms with van der Waals surface area (Å²) in [7, 11) is 0. The molecule has 3 heteroatoms. The van der Waals surface area contributed by atoms with Gasteiger partial charge in [-0.25, -0.2) is 0 Å².